The maximum absolute atomic E-state index is 13.5. The van der Waals surface area contributed by atoms with Gasteiger partial charge in [0.2, 0.25) is 0 Å². The molecule has 1 saturated heterocycles. The number of nitrogens with zero attached hydrogens (tertiary/aromatic N) is 1. The number of ketones is 1. The highest BCUT2D eigenvalue weighted by Crippen LogP contribution is 2.44. The zero-order chi connectivity index (χ0) is 26.0. The van der Waals surface area contributed by atoms with Crippen LogP contribution in [-0.2, 0) is 9.59 Å². The van der Waals surface area contributed by atoms with Gasteiger partial charge in [-0.05, 0) is 62.7 Å². The van der Waals surface area contributed by atoms with Gasteiger partial charge in [-0.25, -0.2) is 0 Å². The molecule has 0 aromatic heterocycles. The van der Waals surface area contributed by atoms with Crippen LogP contribution in [0, 0.1) is 6.92 Å². The van der Waals surface area contributed by atoms with E-state index in [2.05, 4.69) is 0 Å². The van der Waals surface area contributed by atoms with E-state index in [1.807, 2.05) is 32.9 Å². The molecular formula is C29H29NO6. The number of aliphatic hydroxyl groups is 1. The molecule has 0 saturated carbocycles. The number of rotatable bonds is 7. The van der Waals surface area contributed by atoms with Crippen molar-refractivity contribution in [1.82, 2.24) is 0 Å². The van der Waals surface area contributed by atoms with Crippen molar-refractivity contribution in [3.05, 3.63) is 89.0 Å². The Morgan fingerprint density at radius 1 is 0.917 bits per heavy atom. The Kier molecular flexibility index (Phi) is 7.01. The van der Waals surface area contributed by atoms with Crippen LogP contribution in [0.1, 0.15) is 36.6 Å². The van der Waals surface area contributed by atoms with Crippen LogP contribution in [-0.4, -0.2) is 37.1 Å². The molecule has 7 nitrogen and oxygen atoms in total. The zero-order valence-electron chi connectivity index (χ0n) is 20.9. The number of benzene rings is 3. The molecule has 1 atom stereocenters. The Labute approximate surface area is 210 Å². The van der Waals surface area contributed by atoms with E-state index < -0.39 is 17.7 Å². The monoisotopic (exact) mass is 487 g/mol. The van der Waals surface area contributed by atoms with E-state index in [1.165, 1.54) is 19.1 Å². The average molecular weight is 488 g/mol. The third-order valence-electron chi connectivity index (χ3n) is 5.93. The molecule has 1 aliphatic rings. The van der Waals surface area contributed by atoms with Crippen molar-refractivity contribution in [2.45, 2.75) is 32.9 Å². The molecule has 36 heavy (non-hydrogen) atoms. The van der Waals surface area contributed by atoms with E-state index >= 15 is 0 Å². The summed E-state index contributed by atoms with van der Waals surface area (Å²) >= 11 is 0. The Morgan fingerprint density at radius 2 is 1.64 bits per heavy atom. The Morgan fingerprint density at radius 3 is 2.33 bits per heavy atom. The van der Waals surface area contributed by atoms with Gasteiger partial charge in [-0.1, -0.05) is 29.8 Å². The molecule has 1 fully saturated rings. The number of Topliss-reactive ketones (excluding diaryl/α,β-unsaturated/α-hetero) is 1. The molecule has 1 unspecified atom stereocenters. The SMILES string of the molecule is COc1cccc(N2C(=O)C(=O)/C(=C(/O)c3cc(C)ccc3OC)C2c2cccc(OC(C)C)c2)c1. The Balaban J connectivity index is 1.98. The van der Waals surface area contributed by atoms with Gasteiger partial charge in [-0.15, -0.1) is 0 Å². The van der Waals surface area contributed by atoms with Crippen molar-refractivity contribution in [2.75, 3.05) is 19.1 Å². The summed E-state index contributed by atoms with van der Waals surface area (Å²) in [5.74, 6) is -0.339. The second kappa shape index (κ2) is 10.2. The molecule has 186 valence electrons. The smallest absolute Gasteiger partial charge is 0.300 e. The summed E-state index contributed by atoms with van der Waals surface area (Å²) in [6.07, 6.45) is -0.0680. The quantitative estimate of drug-likeness (QED) is 0.272. The Bertz CT molecular complexity index is 1340. The van der Waals surface area contributed by atoms with Gasteiger partial charge in [-0.3, -0.25) is 14.5 Å². The van der Waals surface area contributed by atoms with E-state index in [1.54, 1.807) is 54.6 Å². The van der Waals surface area contributed by atoms with E-state index in [-0.39, 0.29) is 17.4 Å². The van der Waals surface area contributed by atoms with Crippen LogP contribution in [0.2, 0.25) is 0 Å². The van der Waals surface area contributed by atoms with Gasteiger partial charge in [0.05, 0.1) is 37.5 Å². The third kappa shape index (κ3) is 4.64. The number of carbonyl (C=O) groups is 2. The summed E-state index contributed by atoms with van der Waals surface area (Å²) in [6.45, 7) is 5.70. The number of amides is 1. The van der Waals surface area contributed by atoms with Gasteiger partial charge < -0.3 is 19.3 Å². The van der Waals surface area contributed by atoms with Crippen LogP contribution >= 0.6 is 0 Å². The zero-order valence-corrected chi connectivity index (χ0v) is 20.9. The van der Waals surface area contributed by atoms with E-state index in [0.29, 0.717) is 34.1 Å². The number of carbonyl (C=O) groups excluding carboxylic acids is 2. The first kappa shape index (κ1) is 24.9. The van der Waals surface area contributed by atoms with Gasteiger partial charge in [0, 0.05) is 11.8 Å². The van der Waals surface area contributed by atoms with Crippen molar-refractivity contribution in [2.24, 2.45) is 0 Å². The first-order valence-corrected chi connectivity index (χ1v) is 11.6. The van der Waals surface area contributed by atoms with Gasteiger partial charge >= 0.3 is 0 Å². The Hall–Kier alpha value is -4.26. The van der Waals surface area contributed by atoms with Crippen molar-refractivity contribution in [3.8, 4) is 17.2 Å². The van der Waals surface area contributed by atoms with Crippen molar-refractivity contribution < 1.29 is 28.9 Å². The predicted octanol–water partition coefficient (Wildman–Crippen LogP) is 5.43. The molecule has 4 rings (SSSR count). The van der Waals surface area contributed by atoms with Crippen molar-refractivity contribution in [3.63, 3.8) is 0 Å². The second-order valence-electron chi connectivity index (χ2n) is 8.81. The molecule has 1 N–H and O–H groups in total. The lowest BCUT2D eigenvalue weighted by Gasteiger charge is -2.26. The van der Waals surface area contributed by atoms with Crippen LogP contribution in [0.15, 0.2) is 72.3 Å². The number of hydrogen-bond donors (Lipinski definition) is 1. The fourth-order valence-corrected chi connectivity index (χ4v) is 4.36. The summed E-state index contributed by atoms with van der Waals surface area (Å²) in [7, 11) is 3.02. The van der Waals surface area contributed by atoms with Crippen molar-refractivity contribution >= 4 is 23.1 Å². The summed E-state index contributed by atoms with van der Waals surface area (Å²) in [4.78, 5) is 28.3. The lowest BCUT2D eigenvalue weighted by atomic mass is 9.94. The molecule has 0 aliphatic carbocycles. The van der Waals surface area contributed by atoms with Gasteiger partial charge in [0.25, 0.3) is 11.7 Å². The standard InChI is InChI=1S/C29H29NO6/c1-17(2)36-22-11-6-8-19(15-22)26-25(27(31)23-14-18(3)12-13-24(23)35-5)28(32)29(33)30(26)20-9-7-10-21(16-20)34-4/h6-17,26,31H,1-5H3/b27-25+. The molecule has 0 bridgehead atoms. The molecule has 0 spiro atoms. The lowest BCUT2D eigenvalue weighted by molar-refractivity contribution is -0.132. The summed E-state index contributed by atoms with van der Waals surface area (Å²) in [6, 6.07) is 18.5. The van der Waals surface area contributed by atoms with Crippen LogP contribution in [0.5, 0.6) is 17.2 Å². The van der Waals surface area contributed by atoms with Gasteiger partial charge in [0.1, 0.15) is 23.0 Å². The molecule has 1 heterocycles. The molecule has 7 heteroatoms. The molecule has 1 aliphatic heterocycles. The van der Waals surface area contributed by atoms with Crippen LogP contribution in [0.3, 0.4) is 0 Å². The minimum atomic E-state index is -0.905. The summed E-state index contributed by atoms with van der Waals surface area (Å²) in [5.41, 5.74) is 2.24. The minimum absolute atomic E-state index is 0.0339. The van der Waals surface area contributed by atoms with Crippen molar-refractivity contribution in [1.29, 1.82) is 0 Å². The highest BCUT2D eigenvalue weighted by atomic mass is 16.5. The fourth-order valence-electron chi connectivity index (χ4n) is 4.36. The molecular weight excluding hydrogens is 458 g/mol. The second-order valence-corrected chi connectivity index (χ2v) is 8.81. The van der Waals surface area contributed by atoms with E-state index in [9.17, 15) is 14.7 Å². The molecule has 1 amide bonds. The number of anilines is 1. The largest absolute Gasteiger partial charge is 0.507 e. The summed E-state index contributed by atoms with van der Waals surface area (Å²) in [5, 5.41) is 11.5. The third-order valence-corrected chi connectivity index (χ3v) is 5.93. The highest BCUT2D eigenvalue weighted by Gasteiger charge is 2.47. The topological polar surface area (TPSA) is 85.3 Å². The van der Waals surface area contributed by atoms with Gasteiger partial charge in [-0.2, -0.15) is 0 Å². The first-order valence-electron chi connectivity index (χ1n) is 11.6. The maximum atomic E-state index is 13.5. The summed E-state index contributed by atoms with van der Waals surface area (Å²) < 4.78 is 16.7. The fraction of sp³-hybridized carbons (Fsp3) is 0.241. The highest BCUT2D eigenvalue weighted by molar-refractivity contribution is 6.51. The van der Waals surface area contributed by atoms with Crippen LogP contribution in [0.25, 0.3) is 5.76 Å². The van der Waals surface area contributed by atoms with Crippen LogP contribution < -0.4 is 19.1 Å². The van der Waals surface area contributed by atoms with E-state index in [4.69, 9.17) is 14.2 Å². The minimum Gasteiger partial charge on any atom is -0.507 e. The van der Waals surface area contributed by atoms with Crippen LogP contribution in [0.4, 0.5) is 5.69 Å². The number of ether oxygens (including phenoxy) is 3. The maximum Gasteiger partial charge on any atom is 0.300 e. The lowest BCUT2D eigenvalue weighted by Crippen LogP contribution is -2.29. The first-order chi connectivity index (χ1) is 17.2. The number of aryl methyl sites for hydroxylation is 1. The van der Waals surface area contributed by atoms with E-state index in [0.717, 1.165) is 5.56 Å². The predicted molar refractivity (Wildman–Crippen MR) is 138 cm³/mol. The molecule has 3 aromatic rings. The normalized spacial score (nSPS) is 16.9. The number of aliphatic hydroxyl groups excluding tert-OH is 1. The average Bonchev–Trinajstić information content (AvgIpc) is 3.13. The molecule has 3 aromatic carbocycles. The van der Waals surface area contributed by atoms with Gasteiger partial charge in [0.15, 0.2) is 0 Å². The molecule has 0 radical (unpaired) electrons. The number of methoxy groups -OCH3 is 2. The number of hydrogen-bond acceptors (Lipinski definition) is 6.